The van der Waals surface area contributed by atoms with E-state index in [-0.39, 0.29) is 11.9 Å². The Balaban J connectivity index is 2.01. The lowest BCUT2D eigenvalue weighted by molar-refractivity contribution is 0.0943. The Labute approximate surface area is 109 Å². The Bertz CT molecular complexity index is 386. The number of amides is 1. The molecule has 0 fully saturated rings. The van der Waals surface area contributed by atoms with Crippen molar-refractivity contribution < 1.29 is 4.79 Å². The first-order valence-electron chi connectivity index (χ1n) is 4.57. The van der Waals surface area contributed by atoms with E-state index >= 15 is 0 Å². The van der Waals surface area contributed by atoms with Crippen molar-refractivity contribution in [3.63, 3.8) is 0 Å². The predicted octanol–water partition coefficient (Wildman–Crippen LogP) is 3.72. The van der Waals surface area contributed by atoms with E-state index < -0.39 is 0 Å². The Kier molecular flexibility index (Phi) is 3.64. The van der Waals surface area contributed by atoms with Gasteiger partial charge in [0.1, 0.15) is 0 Å². The normalized spacial score (nSPS) is 15.9. The minimum Gasteiger partial charge on any atom is -0.348 e. The van der Waals surface area contributed by atoms with Gasteiger partial charge in [-0.15, -0.1) is 11.3 Å². The van der Waals surface area contributed by atoms with Crippen LogP contribution < -0.4 is 5.32 Å². The molecular formula is C10H9Br2NOS. The number of halogens is 2. The number of hydrogen-bond donors (Lipinski definition) is 1. The van der Waals surface area contributed by atoms with Crippen LogP contribution in [-0.2, 0) is 0 Å². The molecule has 0 bridgehead atoms. The standard InChI is InChI=1S/C10H9Br2NOS/c11-7-5-8(15-9(7)12)10(14)13-6-3-1-2-4-6/h1-2,5-6H,3-4H2,(H,13,14). The fraction of sp³-hybridized carbons (Fsp3) is 0.300. The first-order valence-corrected chi connectivity index (χ1v) is 6.98. The van der Waals surface area contributed by atoms with Crippen molar-refractivity contribution in [1.29, 1.82) is 0 Å². The van der Waals surface area contributed by atoms with E-state index in [0.717, 1.165) is 26.0 Å². The van der Waals surface area contributed by atoms with Gasteiger partial charge in [0.15, 0.2) is 0 Å². The molecule has 0 saturated carbocycles. The van der Waals surface area contributed by atoms with Crippen molar-refractivity contribution in [2.75, 3.05) is 0 Å². The molecule has 0 aromatic carbocycles. The van der Waals surface area contributed by atoms with Gasteiger partial charge in [-0.3, -0.25) is 4.79 Å². The molecule has 0 aliphatic heterocycles. The number of rotatable bonds is 2. The van der Waals surface area contributed by atoms with E-state index in [4.69, 9.17) is 0 Å². The van der Waals surface area contributed by atoms with Crippen LogP contribution in [0.3, 0.4) is 0 Å². The highest BCUT2D eigenvalue weighted by Gasteiger charge is 2.17. The maximum atomic E-state index is 11.8. The number of carbonyl (C=O) groups is 1. The van der Waals surface area contributed by atoms with Crippen LogP contribution in [0, 0.1) is 0 Å². The molecule has 5 heteroatoms. The van der Waals surface area contributed by atoms with Gasteiger partial charge in [0.05, 0.1) is 8.66 Å². The zero-order chi connectivity index (χ0) is 10.8. The van der Waals surface area contributed by atoms with E-state index in [1.807, 2.05) is 6.07 Å². The van der Waals surface area contributed by atoms with Gasteiger partial charge in [0.2, 0.25) is 0 Å². The Morgan fingerprint density at radius 1 is 1.40 bits per heavy atom. The summed E-state index contributed by atoms with van der Waals surface area (Å²) >= 11 is 8.19. The van der Waals surface area contributed by atoms with Crippen LogP contribution in [0.2, 0.25) is 0 Å². The first-order chi connectivity index (χ1) is 7.16. The molecule has 2 nitrogen and oxygen atoms in total. The van der Waals surface area contributed by atoms with E-state index in [1.165, 1.54) is 11.3 Å². The van der Waals surface area contributed by atoms with Crippen LogP contribution in [-0.4, -0.2) is 11.9 Å². The van der Waals surface area contributed by atoms with E-state index in [1.54, 1.807) is 0 Å². The average Bonchev–Trinajstić information content (AvgIpc) is 2.78. The van der Waals surface area contributed by atoms with Crippen LogP contribution in [0.1, 0.15) is 22.5 Å². The van der Waals surface area contributed by atoms with Crippen molar-refractivity contribution in [2.24, 2.45) is 0 Å². The van der Waals surface area contributed by atoms with E-state index in [9.17, 15) is 4.79 Å². The molecule has 0 saturated heterocycles. The van der Waals surface area contributed by atoms with Crippen LogP contribution >= 0.6 is 43.2 Å². The molecule has 80 valence electrons. The average molecular weight is 351 g/mol. The summed E-state index contributed by atoms with van der Waals surface area (Å²) in [5.41, 5.74) is 0. The Hall–Kier alpha value is -0.130. The predicted molar refractivity (Wildman–Crippen MR) is 69.3 cm³/mol. The number of hydrogen-bond acceptors (Lipinski definition) is 2. The number of carbonyl (C=O) groups excluding carboxylic acids is 1. The lowest BCUT2D eigenvalue weighted by Crippen LogP contribution is -2.32. The van der Waals surface area contributed by atoms with Gasteiger partial charge >= 0.3 is 0 Å². The third-order valence-corrected chi connectivity index (χ3v) is 5.47. The summed E-state index contributed by atoms with van der Waals surface area (Å²) < 4.78 is 1.89. The molecule has 1 aliphatic carbocycles. The molecule has 1 aromatic heterocycles. The van der Waals surface area contributed by atoms with Gasteiger partial charge in [-0.25, -0.2) is 0 Å². The largest absolute Gasteiger partial charge is 0.348 e. The first kappa shape index (κ1) is 11.4. The zero-order valence-corrected chi connectivity index (χ0v) is 11.8. The summed E-state index contributed by atoms with van der Waals surface area (Å²) in [6.07, 6.45) is 6.09. The monoisotopic (exact) mass is 349 g/mol. The third kappa shape index (κ3) is 2.71. The molecule has 2 rings (SSSR count). The molecule has 1 heterocycles. The molecule has 1 aromatic rings. The molecule has 1 aliphatic rings. The minimum absolute atomic E-state index is 0.0140. The van der Waals surface area contributed by atoms with Gasteiger partial charge in [-0.05, 0) is 50.8 Å². The van der Waals surface area contributed by atoms with E-state index in [0.29, 0.717) is 0 Å². The van der Waals surface area contributed by atoms with Crippen molar-refractivity contribution in [1.82, 2.24) is 5.32 Å². The number of thiophene rings is 1. The molecule has 0 atom stereocenters. The van der Waals surface area contributed by atoms with Crippen molar-refractivity contribution in [2.45, 2.75) is 18.9 Å². The summed E-state index contributed by atoms with van der Waals surface area (Å²) in [4.78, 5) is 12.5. The maximum Gasteiger partial charge on any atom is 0.261 e. The highest BCUT2D eigenvalue weighted by atomic mass is 79.9. The highest BCUT2D eigenvalue weighted by Crippen LogP contribution is 2.32. The summed E-state index contributed by atoms with van der Waals surface area (Å²) in [7, 11) is 0. The lowest BCUT2D eigenvalue weighted by Gasteiger charge is -2.10. The fourth-order valence-corrected chi connectivity index (χ4v) is 3.39. The lowest BCUT2D eigenvalue weighted by atomic mass is 10.2. The number of nitrogens with one attached hydrogen (secondary N) is 1. The third-order valence-electron chi connectivity index (χ3n) is 2.21. The van der Waals surface area contributed by atoms with Crippen LogP contribution in [0.25, 0.3) is 0 Å². The second-order valence-electron chi connectivity index (χ2n) is 3.35. The second-order valence-corrected chi connectivity index (χ2v) is 6.57. The van der Waals surface area contributed by atoms with Gasteiger partial charge in [-0.2, -0.15) is 0 Å². The molecular weight excluding hydrogens is 342 g/mol. The molecule has 1 N–H and O–H groups in total. The molecule has 15 heavy (non-hydrogen) atoms. The Morgan fingerprint density at radius 2 is 2.07 bits per heavy atom. The molecule has 1 amide bonds. The van der Waals surface area contributed by atoms with Crippen molar-refractivity contribution in [3.8, 4) is 0 Å². The van der Waals surface area contributed by atoms with Crippen molar-refractivity contribution in [3.05, 3.63) is 31.4 Å². The summed E-state index contributed by atoms with van der Waals surface area (Å²) in [6, 6.07) is 2.11. The SMILES string of the molecule is O=C(NC1CC=CC1)c1cc(Br)c(Br)s1. The van der Waals surface area contributed by atoms with Crippen LogP contribution in [0.15, 0.2) is 26.5 Å². The maximum absolute atomic E-state index is 11.8. The quantitative estimate of drug-likeness (QED) is 0.809. The molecule has 0 unspecified atom stereocenters. The molecule has 0 radical (unpaired) electrons. The summed E-state index contributed by atoms with van der Waals surface area (Å²) in [6.45, 7) is 0. The smallest absolute Gasteiger partial charge is 0.261 e. The van der Waals surface area contributed by atoms with Gasteiger partial charge in [0, 0.05) is 10.5 Å². The van der Waals surface area contributed by atoms with Gasteiger partial charge < -0.3 is 5.32 Å². The fourth-order valence-electron chi connectivity index (χ4n) is 1.45. The second kappa shape index (κ2) is 4.80. The minimum atomic E-state index is 0.0140. The topological polar surface area (TPSA) is 29.1 Å². The highest BCUT2D eigenvalue weighted by molar-refractivity contribution is 9.13. The van der Waals surface area contributed by atoms with Crippen LogP contribution in [0.5, 0.6) is 0 Å². The molecule has 0 spiro atoms. The van der Waals surface area contributed by atoms with Crippen LogP contribution in [0.4, 0.5) is 0 Å². The van der Waals surface area contributed by atoms with Crippen molar-refractivity contribution >= 4 is 49.1 Å². The summed E-state index contributed by atoms with van der Waals surface area (Å²) in [5, 5.41) is 3.00. The summed E-state index contributed by atoms with van der Waals surface area (Å²) in [5.74, 6) is 0.0140. The van der Waals surface area contributed by atoms with Gasteiger partial charge in [-0.1, -0.05) is 12.2 Å². The zero-order valence-electron chi connectivity index (χ0n) is 7.80. The van der Waals surface area contributed by atoms with E-state index in [2.05, 4.69) is 49.3 Å². The Morgan fingerprint density at radius 3 is 2.60 bits per heavy atom. The van der Waals surface area contributed by atoms with Gasteiger partial charge in [0.25, 0.3) is 5.91 Å².